The maximum absolute atomic E-state index is 14.3. The average Bonchev–Trinajstić information content (AvgIpc) is 3.58. The van der Waals surface area contributed by atoms with E-state index in [1.807, 2.05) is 26.0 Å². The number of halogens is 2. The van der Waals surface area contributed by atoms with E-state index in [1.165, 1.54) is 10.4 Å². The van der Waals surface area contributed by atoms with E-state index in [1.54, 1.807) is 6.07 Å². The van der Waals surface area contributed by atoms with Gasteiger partial charge in [-0.2, -0.15) is 4.31 Å². The van der Waals surface area contributed by atoms with Crippen LogP contribution in [-0.4, -0.2) is 72.5 Å². The van der Waals surface area contributed by atoms with Gasteiger partial charge in [0, 0.05) is 36.2 Å². The van der Waals surface area contributed by atoms with E-state index in [0.29, 0.717) is 62.7 Å². The molecule has 0 spiro atoms. The predicted octanol–water partition coefficient (Wildman–Crippen LogP) is 5.67. The number of aliphatic hydroxyl groups is 2. The van der Waals surface area contributed by atoms with Gasteiger partial charge in [-0.25, -0.2) is 17.2 Å². The summed E-state index contributed by atoms with van der Waals surface area (Å²) in [5.74, 6) is -2.98. The Labute approximate surface area is 265 Å². The molecule has 2 bridgehead atoms. The van der Waals surface area contributed by atoms with Crippen LogP contribution in [0.15, 0.2) is 48.0 Å². The van der Waals surface area contributed by atoms with Crippen molar-refractivity contribution in [2.24, 2.45) is 5.41 Å². The van der Waals surface area contributed by atoms with Gasteiger partial charge in [-0.15, -0.1) is 0 Å². The number of carbonyl (C=O) groups is 1. The molecule has 0 aromatic heterocycles. The van der Waals surface area contributed by atoms with E-state index in [4.69, 9.17) is 4.74 Å². The van der Waals surface area contributed by atoms with Gasteiger partial charge in [-0.3, -0.25) is 4.79 Å². The topological polar surface area (TPSA) is 104 Å². The van der Waals surface area contributed by atoms with Crippen molar-refractivity contribution in [3.8, 4) is 0 Å². The Balaban J connectivity index is 1.60. The molecule has 10 heteroatoms. The Morgan fingerprint density at radius 3 is 2.56 bits per heavy atom. The molecular formula is C35H45F2NO6S. The van der Waals surface area contributed by atoms with Crippen molar-refractivity contribution in [2.45, 2.75) is 95.4 Å². The predicted molar refractivity (Wildman–Crippen MR) is 169 cm³/mol. The quantitative estimate of drug-likeness (QED) is 0.297. The smallest absolute Gasteiger partial charge is 0.211 e. The highest BCUT2D eigenvalue weighted by atomic mass is 32.2. The summed E-state index contributed by atoms with van der Waals surface area (Å²) in [6.45, 7) is 4.66. The molecule has 4 aliphatic rings. The molecule has 2 fully saturated rings. The highest BCUT2D eigenvalue weighted by Gasteiger charge is 2.58. The van der Waals surface area contributed by atoms with Crippen LogP contribution in [0.5, 0.6) is 0 Å². The zero-order valence-electron chi connectivity index (χ0n) is 26.4. The van der Waals surface area contributed by atoms with E-state index in [0.717, 1.165) is 42.4 Å². The molecule has 1 heterocycles. The van der Waals surface area contributed by atoms with Crippen LogP contribution in [0, 0.1) is 17.0 Å². The normalized spacial score (nSPS) is 29.4. The van der Waals surface area contributed by atoms with E-state index in [-0.39, 0.29) is 30.7 Å². The van der Waals surface area contributed by atoms with Crippen LogP contribution in [0.2, 0.25) is 0 Å². The number of carbonyl (C=O) groups excluding carboxylic acids is 1. The summed E-state index contributed by atoms with van der Waals surface area (Å²) in [4.78, 5) is 14.0. The first-order chi connectivity index (χ1) is 21.2. The summed E-state index contributed by atoms with van der Waals surface area (Å²) in [5.41, 5.74) is 0.589. The highest BCUT2D eigenvalue weighted by Crippen LogP contribution is 2.59. The fraction of sp³-hybridized carbons (Fsp3) is 0.571. The van der Waals surface area contributed by atoms with Crippen molar-refractivity contribution in [3.63, 3.8) is 0 Å². The summed E-state index contributed by atoms with van der Waals surface area (Å²) in [6, 6.07) is 8.56. The van der Waals surface area contributed by atoms with E-state index in [9.17, 15) is 32.2 Å². The number of rotatable bonds is 7. The largest absolute Gasteiger partial charge is 0.393 e. The fourth-order valence-corrected chi connectivity index (χ4v) is 8.50. The summed E-state index contributed by atoms with van der Waals surface area (Å²) in [7, 11) is -3.68. The Kier molecular flexibility index (Phi) is 10.0. The molecule has 1 aliphatic heterocycles. The maximum Gasteiger partial charge on any atom is 0.211 e. The first kappa shape index (κ1) is 33.9. The van der Waals surface area contributed by atoms with Crippen LogP contribution < -0.4 is 0 Å². The molecule has 2 aromatic rings. The molecule has 6 rings (SSSR count). The van der Waals surface area contributed by atoms with Crippen LogP contribution in [0.25, 0.3) is 0 Å². The zero-order chi connectivity index (χ0) is 32.6. The van der Waals surface area contributed by atoms with Gasteiger partial charge >= 0.3 is 0 Å². The number of ketones is 1. The molecule has 2 aromatic carbocycles. The number of aliphatic hydroxyl groups excluding tert-OH is 1. The minimum atomic E-state index is -3.68. The molecular weight excluding hydrogens is 600 g/mol. The zero-order valence-corrected chi connectivity index (χ0v) is 27.2. The van der Waals surface area contributed by atoms with Crippen molar-refractivity contribution < 1.29 is 36.9 Å². The highest BCUT2D eigenvalue weighted by molar-refractivity contribution is 7.88. The van der Waals surface area contributed by atoms with E-state index >= 15 is 0 Å². The Bertz CT molecular complexity index is 1560. The monoisotopic (exact) mass is 645 g/mol. The second-order valence-corrected chi connectivity index (χ2v) is 15.6. The number of fused-ring (bicyclic) bond motifs is 8. The molecule has 45 heavy (non-hydrogen) atoms. The Hall–Kier alpha value is -2.50. The Morgan fingerprint density at radius 2 is 1.87 bits per heavy atom. The van der Waals surface area contributed by atoms with Crippen LogP contribution in [0.1, 0.15) is 98.2 Å². The number of allylic oxidation sites excluding steroid dienone is 2. The molecule has 0 amide bonds. The third-order valence-corrected chi connectivity index (χ3v) is 11.7. The molecule has 246 valence electrons. The van der Waals surface area contributed by atoms with Gasteiger partial charge in [0.25, 0.3) is 0 Å². The lowest BCUT2D eigenvalue weighted by molar-refractivity contribution is -0.0753. The van der Waals surface area contributed by atoms with Crippen molar-refractivity contribution >= 4 is 15.8 Å². The molecule has 7 nitrogen and oxygen atoms in total. The van der Waals surface area contributed by atoms with Crippen molar-refractivity contribution in [3.05, 3.63) is 81.9 Å². The second-order valence-electron chi connectivity index (χ2n) is 13.6. The van der Waals surface area contributed by atoms with Gasteiger partial charge in [-0.05, 0) is 106 Å². The van der Waals surface area contributed by atoms with Crippen LogP contribution in [-0.2, 0) is 21.2 Å². The van der Waals surface area contributed by atoms with Gasteiger partial charge in [0.2, 0.25) is 10.0 Å². The lowest BCUT2D eigenvalue weighted by Gasteiger charge is -2.46. The lowest BCUT2D eigenvalue weighted by atomic mass is 9.64. The molecule has 2 N–H and O–H groups in total. The van der Waals surface area contributed by atoms with E-state index < -0.39 is 44.6 Å². The van der Waals surface area contributed by atoms with Gasteiger partial charge in [0.15, 0.2) is 17.4 Å². The molecule has 0 radical (unpaired) electrons. The number of sulfonamides is 1. The first-order valence-corrected chi connectivity index (χ1v) is 17.8. The fourth-order valence-electron chi connectivity index (χ4n) is 7.61. The van der Waals surface area contributed by atoms with Crippen molar-refractivity contribution in [1.82, 2.24) is 4.31 Å². The number of hydrogen-bond acceptors (Lipinski definition) is 6. The first-order valence-electron chi connectivity index (χ1n) is 16.0. The van der Waals surface area contributed by atoms with Crippen LogP contribution >= 0.6 is 0 Å². The number of ether oxygens (including phenoxy) is 1. The molecule has 5 atom stereocenters. The summed E-state index contributed by atoms with van der Waals surface area (Å²) < 4.78 is 61.2. The van der Waals surface area contributed by atoms with Gasteiger partial charge in [-0.1, -0.05) is 30.7 Å². The van der Waals surface area contributed by atoms with Crippen molar-refractivity contribution in [2.75, 3.05) is 26.0 Å². The van der Waals surface area contributed by atoms with Gasteiger partial charge in [0.05, 0.1) is 24.1 Å². The van der Waals surface area contributed by atoms with Gasteiger partial charge < -0.3 is 14.9 Å². The third-order valence-electron chi connectivity index (χ3n) is 10.4. The third kappa shape index (κ3) is 7.25. The molecule has 0 unspecified atom stereocenters. The summed E-state index contributed by atoms with van der Waals surface area (Å²) >= 11 is 0. The lowest BCUT2D eigenvalue weighted by Crippen LogP contribution is -2.54. The van der Waals surface area contributed by atoms with Crippen LogP contribution in [0.4, 0.5) is 8.78 Å². The maximum atomic E-state index is 14.3. The van der Waals surface area contributed by atoms with E-state index in [2.05, 4.69) is 6.08 Å². The minimum absolute atomic E-state index is 0.00213. The molecule has 3 aliphatic carbocycles. The Morgan fingerprint density at radius 1 is 1.09 bits per heavy atom. The SMILES string of the molecule is CC1=CCC[C@@]2(C)[C@@H](CC[C@@]2(O)CN(C[C@H]2CCCO2)S(C)(=O)=O)c2ccc(cc2C(=O)c2ccc(F)c(F)c2)C[C@@H](O)CC1. The summed E-state index contributed by atoms with van der Waals surface area (Å²) in [6.07, 6.45) is 7.53. The van der Waals surface area contributed by atoms with Crippen LogP contribution in [0.3, 0.4) is 0 Å². The summed E-state index contributed by atoms with van der Waals surface area (Å²) in [5, 5.41) is 23.3. The number of hydrogen-bond donors (Lipinski definition) is 2. The number of nitrogens with zero attached hydrogens (tertiary/aromatic N) is 1. The molecule has 1 saturated carbocycles. The van der Waals surface area contributed by atoms with Crippen molar-refractivity contribution in [1.29, 1.82) is 0 Å². The van der Waals surface area contributed by atoms with Gasteiger partial charge in [0.1, 0.15) is 0 Å². The minimum Gasteiger partial charge on any atom is -0.393 e. The standard InChI is InChI=1S/C35H45F2NO6S/c1-23-6-4-15-34(2)30(14-16-35(34,41)22-38(45(3,42)43)21-27-7-5-17-44-27)28-12-9-24(18-26(39)11-8-23)19-29(28)33(40)25-10-13-31(36)32(37)20-25/h6,9-10,12-13,19-20,26-27,30,39,41H,4-5,7-8,11,14-18,21-22H2,1-3H3/t26-,27+,30-,34-,35+/m0/s1. The number of benzene rings is 2. The average molecular weight is 646 g/mol. The second kappa shape index (κ2) is 13.3. The molecule has 1 saturated heterocycles.